The van der Waals surface area contributed by atoms with Gasteiger partial charge in [-0.2, -0.15) is 5.26 Å². The first-order valence-electron chi connectivity index (χ1n) is 7.53. The highest BCUT2D eigenvalue weighted by atomic mass is 16.2. The summed E-state index contributed by atoms with van der Waals surface area (Å²) >= 11 is 0. The Kier molecular flexibility index (Phi) is 6.13. The van der Waals surface area contributed by atoms with Gasteiger partial charge in [0.25, 0.3) is 0 Å². The second-order valence-corrected chi connectivity index (χ2v) is 5.41. The average Bonchev–Trinajstić information content (AvgIpc) is 2.55. The van der Waals surface area contributed by atoms with Crippen LogP contribution < -0.4 is 5.32 Å². The van der Waals surface area contributed by atoms with Gasteiger partial charge >= 0.3 is 0 Å². The first-order valence-corrected chi connectivity index (χ1v) is 7.53. The highest BCUT2D eigenvalue weighted by Crippen LogP contribution is 2.12. The number of rotatable bonds is 6. The van der Waals surface area contributed by atoms with Gasteiger partial charge in [0.05, 0.1) is 18.2 Å². The van der Waals surface area contributed by atoms with Crippen molar-refractivity contribution in [1.82, 2.24) is 15.1 Å². The van der Waals surface area contributed by atoms with E-state index in [0.29, 0.717) is 13.1 Å². The predicted molar refractivity (Wildman–Crippen MR) is 86.1 cm³/mol. The van der Waals surface area contributed by atoms with Gasteiger partial charge in [-0.3, -0.25) is 14.6 Å². The molecule has 1 aliphatic rings. The highest BCUT2D eigenvalue weighted by molar-refractivity contribution is 5.78. The van der Waals surface area contributed by atoms with Crippen molar-refractivity contribution in [2.45, 2.75) is 6.54 Å². The maximum Gasteiger partial charge on any atom is 0.234 e. The van der Waals surface area contributed by atoms with Gasteiger partial charge < -0.3 is 5.32 Å². The number of benzene rings is 1. The van der Waals surface area contributed by atoms with Crippen molar-refractivity contribution in [3.05, 3.63) is 48.0 Å². The molecule has 0 saturated carbocycles. The highest BCUT2D eigenvalue weighted by Gasteiger charge is 2.19. The summed E-state index contributed by atoms with van der Waals surface area (Å²) in [7, 11) is 0. The second-order valence-electron chi connectivity index (χ2n) is 5.41. The molecule has 2 rings (SSSR count). The van der Waals surface area contributed by atoms with Crippen LogP contribution >= 0.6 is 0 Å². The van der Waals surface area contributed by atoms with Crippen LogP contribution in [-0.2, 0) is 11.3 Å². The van der Waals surface area contributed by atoms with Crippen molar-refractivity contribution in [1.29, 1.82) is 5.26 Å². The Balaban J connectivity index is 1.79. The molecule has 1 heterocycles. The zero-order valence-electron chi connectivity index (χ0n) is 12.8. The minimum atomic E-state index is 0.0446. The molecule has 22 heavy (non-hydrogen) atoms. The molecule has 0 atom stereocenters. The lowest BCUT2D eigenvalue weighted by atomic mass is 10.1. The molecule has 1 N–H and O–H groups in total. The van der Waals surface area contributed by atoms with Gasteiger partial charge in [-0.15, -0.1) is 6.58 Å². The van der Waals surface area contributed by atoms with Crippen LogP contribution in [0.3, 0.4) is 0 Å². The number of amides is 1. The van der Waals surface area contributed by atoms with E-state index in [2.05, 4.69) is 27.8 Å². The summed E-state index contributed by atoms with van der Waals surface area (Å²) in [5.41, 5.74) is 1.82. The van der Waals surface area contributed by atoms with E-state index in [1.807, 2.05) is 24.3 Å². The summed E-state index contributed by atoms with van der Waals surface area (Å²) < 4.78 is 0. The third-order valence-electron chi connectivity index (χ3n) is 3.81. The maximum absolute atomic E-state index is 11.7. The Bertz CT molecular complexity index is 556. The topological polar surface area (TPSA) is 59.4 Å². The molecule has 0 aromatic heterocycles. The van der Waals surface area contributed by atoms with E-state index in [0.717, 1.165) is 43.9 Å². The Morgan fingerprint density at radius 3 is 2.64 bits per heavy atom. The van der Waals surface area contributed by atoms with Crippen molar-refractivity contribution < 1.29 is 4.79 Å². The summed E-state index contributed by atoms with van der Waals surface area (Å²) in [5.74, 6) is 0.0446. The molecular formula is C17H22N4O. The van der Waals surface area contributed by atoms with E-state index in [-0.39, 0.29) is 5.91 Å². The maximum atomic E-state index is 11.7. The summed E-state index contributed by atoms with van der Waals surface area (Å²) in [4.78, 5) is 16.2. The van der Waals surface area contributed by atoms with E-state index in [9.17, 15) is 4.79 Å². The van der Waals surface area contributed by atoms with E-state index in [1.54, 1.807) is 6.08 Å². The number of hydrogen-bond acceptors (Lipinski definition) is 4. The summed E-state index contributed by atoms with van der Waals surface area (Å²) in [6.45, 7) is 8.90. The van der Waals surface area contributed by atoms with Gasteiger partial charge in [-0.05, 0) is 11.6 Å². The molecule has 1 fully saturated rings. The molecule has 1 aromatic rings. The minimum Gasteiger partial charge on any atom is -0.352 e. The van der Waals surface area contributed by atoms with Crippen molar-refractivity contribution in [3.63, 3.8) is 0 Å². The molecule has 1 amide bonds. The third kappa shape index (κ3) is 4.69. The van der Waals surface area contributed by atoms with Crippen LogP contribution in [0.4, 0.5) is 0 Å². The largest absolute Gasteiger partial charge is 0.352 e. The monoisotopic (exact) mass is 298 g/mol. The standard InChI is InChI=1S/C17H22N4O/c1-2-7-19-17(22)14-21-10-8-20(9-11-21)13-16-6-4-3-5-15(16)12-18/h2-6H,1,7-11,13-14H2,(H,19,22). The lowest BCUT2D eigenvalue weighted by molar-refractivity contribution is -0.122. The Labute approximate surface area is 131 Å². The fourth-order valence-electron chi connectivity index (χ4n) is 2.56. The number of nitriles is 1. The first-order chi connectivity index (χ1) is 10.7. The number of nitrogens with zero attached hydrogens (tertiary/aromatic N) is 3. The molecule has 1 aromatic carbocycles. The van der Waals surface area contributed by atoms with Crippen molar-refractivity contribution in [3.8, 4) is 6.07 Å². The molecule has 1 saturated heterocycles. The quantitative estimate of drug-likeness (QED) is 0.795. The molecule has 5 nitrogen and oxygen atoms in total. The zero-order valence-corrected chi connectivity index (χ0v) is 12.8. The van der Waals surface area contributed by atoms with Crippen LogP contribution in [-0.4, -0.2) is 55.0 Å². The number of nitrogens with one attached hydrogen (secondary N) is 1. The Hall–Kier alpha value is -2.16. The number of piperazine rings is 1. The van der Waals surface area contributed by atoms with Crippen molar-refractivity contribution in [2.75, 3.05) is 39.3 Å². The molecule has 116 valence electrons. The average molecular weight is 298 g/mol. The van der Waals surface area contributed by atoms with Crippen LogP contribution in [0.1, 0.15) is 11.1 Å². The van der Waals surface area contributed by atoms with Gasteiger partial charge in [0, 0.05) is 39.3 Å². The van der Waals surface area contributed by atoms with Crippen LogP contribution in [0.5, 0.6) is 0 Å². The molecular weight excluding hydrogens is 276 g/mol. The van der Waals surface area contributed by atoms with Gasteiger partial charge in [-0.25, -0.2) is 0 Å². The summed E-state index contributed by atoms with van der Waals surface area (Å²) in [5, 5.41) is 11.9. The smallest absolute Gasteiger partial charge is 0.234 e. The zero-order chi connectivity index (χ0) is 15.8. The van der Waals surface area contributed by atoms with Crippen molar-refractivity contribution in [2.24, 2.45) is 0 Å². The fourth-order valence-corrected chi connectivity index (χ4v) is 2.56. The Morgan fingerprint density at radius 2 is 1.95 bits per heavy atom. The number of carbonyl (C=O) groups is 1. The summed E-state index contributed by atoms with van der Waals surface area (Å²) in [6.07, 6.45) is 1.68. The van der Waals surface area contributed by atoms with E-state index in [4.69, 9.17) is 5.26 Å². The fraction of sp³-hybridized carbons (Fsp3) is 0.412. The molecule has 5 heteroatoms. The van der Waals surface area contributed by atoms with Crippen LogP contribution in [0, 0.1) is 11.3 Å². The van der Waals surface area contributed by atoms with E-state index in [1.165, 1.54) is 0 Å². The molecule has 0 bridgehead atoms. The lowest BCUT2D eigenvalue weighted by Crippen LogP contribution is -2.49. The third-order valence-corrected chi connectivity index (χ3v) is 3.81. The first kappa shape index (κ1) is 16.2. The van der Waals surface area contributed by atoms with Crippen LogP contribution in [0.25, 0.3) is 0 Å². The number of carbonyl (C=O) groups excluding carboxylic acids is 1. The molecule has 0 aliphatic carbocycles. The van der Waals surface area contributed by atoms with Crippen molar-refractivity contribution >= 4 is 5.91 Å². The summed E-state index contributed by atoms with van der Waals surface area (Å²) in [6, 6.07) is 9.97. The second kappa shape index (κ2) is 8.32. The molecule has 0 unspecified atom stereocenters. The van der Waals surface area contributed by atoms with Gasteiger partial charge in [0.15, 0.2) is 0 Å². The normalized spacial score (nSPS) is 16.0. The van der Waals surface area contributed by atoms with Crippen LogP contribution in [0.15, 0.2) is 36.9 Å². The van der Waals surface area contributed by atoms with Gasteiger partial charge in [-0.1, -0.05) is 24.3 Å². The van der Waals surface area contributed by atoms with E-state index < -0.39 is 0 Å². The Morgan fingerprint density at radius 1 is 1.27 bits per heavy atom. The van der Waals surface area contributed by atoms with Gasteiger partial charge in [0.2, 0.25) is 5.91 Å². The molecule has 1 aliphatic heterocycles. The molecule has 0 radical (unpaired) electrons. The number of hydrogen-bond donors (Lipinski definition) is 1. The van der Waals surface area contributed by atoms with Gasteiger partial charge in [0.1, 0.15) is 0 Å². The van der Waals surface area contributed by atoms with E-state index >= 15 is 0 Å². The molecule has 0 spiro atoms. The minimum absolute atomic E-state index is 0.0446. The predicted octanol–water partition coefficient (Wildman–Crippen LogP) is 0.978. The SMILES string of the molecule is C=CCNC(=O)CN1CCN(Cc2ccccc2C#N)CC1. The van der Waals surface area contributed by atoms with Crippen LogP contribution in [0.2, 0.25) is 0 Å². The lowest BCUT2D eigenvalue weighted by Gasteiger charge is -2.34.